The van der Waals surface area contributed by atoms with Gasteiger partial charge in [0.1, 0.15) is 11.4 Å². The average Bonchev–Trinajstić information content (AvgIpc) is 2.93. The minimum Gasteiger partial charge on any atom is -0.381 e. The van der Waals surface area contributed by atoms with E-state index in [0.717, 1.165) is 32.6 Å². The summed E-state index contributed by atoms with van der Waals surface area (Å²) in [6.45, 7) is 8.31. The van der Waals surface area contributed by atoms with Crippen LogP contribution in [0.5, 0.6) is 0 Å². The number of hydrogen-bond acceptors (Lipinski definition) is 5. The number of nitrogens with one attached hydrogen (secondary N) is 2. The molecular formula is C17H28N4O3. The lowest BCUT2D eigenvalue weighted by Crippen LogP contribution is -2.47. The van der Waals surface area contributed by atoms with E-state index in [4.69, 9.17) is 9.26 Å². The quantitative estimate of drug-likeness (QED) is 0.882. The first-order valence-electron chi connectivity index (χ1n) is 8.93. The number of hydrogen-bond donors (Lipinski definition) is 2. The number of carbonyl (C=O) groups is 1. The third-order valence-electron chi connectivity index (χ3n) is 5.08. The number of carbonyl (C=O) groups excluding carboxylic acids is 1. The van der Waals surface area contributed by atoms with Crippen LogP contribution < -0.4 is 10.6 Å². The second kappa shape index (κ2) is 7.98. The SMILES string of the molecule is Cc1noc(C)c1NC(=O)NC[C@H]1CCCN(C2CCOCC2)C1. The Balaban J connectivity index is 1.44. The van der Waals surface area contributed by atoms with Gasteiger partial charge in [0.2, 0.25) is 0 Å². The molecule has 2 aliphatic heterocycles. The van der Waals surface area contributed by atoms with Crippen molar-refractivity contribution in [1.29, 1.82) is 0 Å². The molecule has 2 saturated heterocycles. The fourth-order valence-electron chi connectivity index (χ4n) is 3.70. The number of aryl methyl sites for hydroxylation is 2. The molecule has 24 heavy (non-hydrogen) atoms. The average molecular weight is 336 g/mol. The maximum atomic E-state index is 12.1. The van der Waals surface area contributed by atoms with E-state index in [1.165, 1.54) is 19.4 Å². The Bertz CT molecular complexity index is 535. The van der Waals surface area contributed by atoms with Crippen LogP contribution in [-0.2, 0) is 4.74 Å². The number of ether oxygens (including phenoxy) is 1. The zero-order valence-electron chi connectivity index (χ0n) is 14.6. The molecule has 134 valence electrons. The molecule has 2 N–H and O–H groups in total. The Labute approximate surface area is 143 Å². The summed E-state index contributed by atoms with van der Waals surface area (Å²) in [6.07, 6.45) is 4.64. The maximum Gasteiger partial charge on any atom is 0.319 e. The molecule has 0 unspecified atom stereocenters. The van der Waals surface area contributed by atoms with E-state index in [2.05, 4.69) is 20.7 Å². The van der Waals surface area contributed by atoms with Gasteiger partial charge in [-0.05, 0) is 52.0 Å². The molecule has 3 heterocycles. The summed E-state index contributed by atoms with van der Waals surface area (Å²) in [5.41, 5.74) is 1.37. The van der Waals surface area contributed by atoms with Crippen LogP contribution in [0.3, 0.4) is 0 Å². The molecule has 0 spiro atoms. The number of urea groups is 1. The number of likely N-dealkylation sites (tertiary alicyclic amines) is 1. The smallest absolute Gasteiger partial charge is 0.319 e. The molecule has 2 amide bonds. The second-order valence-electron chi connectivity index (χ2n) is 6.88. The molecule has 0 radical (unpaired) electrons. The molecule has 2 aliphatic rings. The van der Waals surface area contributed by atoms with Gasteiger partial charge in [-0.15, -0.1) is 0 Å². The van der Waals surface area contributed by atoms with Crippen LogP contribution >= 0.6 is 0 Å². The highest BCUT2D eigenvalue weighted by Gasteiger charge is 2.27. The van der Waals surface area contributed by atoms with Crippen LogP contribution in [0.25, 0.3) is 0 Å². The van der Waals surface area contributed by atoms with Crippen LogP contribution in [0.4, 0.5) is 10.5 Å². The Morgan fingerprint density at radius 2 is 2.08 bits per heavy atom. The first-order valence-corrected chi connectivity index (χ1v) is 8.93. The third kappa shape index (κ3) is 4.27. The number of rotatable bonds is 4. The first kappa shape index (κ1) is 17.2. The van der Waals surface area contributed by atoms with Gasteiger partial charge in [-0.25, -0.2) is 4.79 Å². The Kier molecular flexibility index (Phi) is 5.73. The lowest BCUT2D eigenvalue weighted by atomic mass is 9.95. The van der Waals surface area contributed by atoms with Crippen molar-refractivity contribution in [2.75, 3.05) is 38.2 Å². The first-order chi connectivity index (χ1) is 11.6. The van der Waals surface area contributed by atoms with Crippen LogP contribution in [0.15, 0.2) is 4.52 Å². The van der Waals surface area contributed by atoms with Gasteiger partial charge in [-0.2, -0.15) is 0 Å². The molecule has 1 atom stereocenters. The van der Waals surface area contributed by atoms with Crippen molar-refractivity contribution in [3.05, 3.63) is 11.5 Å². The van der Waals surface area contributed by atoms with Gasteiger partial charge in [0, 0.05) is 32.3 Å². The van der Waals surface area contributed by atoms with Crippen LogP contribution in [0.1, 0.15) is 37.1 Å². The van der Waals surface area contributed by atoms with E-state index < -0.39 is 0 Å². The fraction of sp³-hybridized carbons (Fsp3) is 0.765. The van der Waals surface area contributed by atoms with E-state index in [9.17, 15) is 4.79 Å². The summed E-state index contributed by atoms with van der Waals surface area (Å²) in [6, 6.07) is 0.463. The summed E-state index contributed by atoms with van der Waals surface area (Å²) < 4.78 is 10.5. The van der Waals surface area contributed by atoms with Gasteiger partial charge in [0.25, 0.3) is 0 Å². The minimum atomic E-state index is -0.187. The standard InChI is InChI=1S/C17H28N4O3/c1-12-16(13(2)24-20-12)19-17(22)18-10-14-4-3-7-21(11-14)15-5-8-23-9-6-15/h14-15H,3-11H2,1-2H3,(H2,18,19,22)/t14-/m1/s1. The highest BCUT2D eigenvalue weighted by molar-refractivity contribution is 5.90. The largest absolute Gasteiger partial charge is 0.381 e. The van der Waals surface area contributed by atoms with Crippen molar-refractivity contribution in [1.82, 2.24) is 15.4 Å². The molecular weight excluding hydrogens is 308 g/mol. The monoisotopic (exact) mass is 336 g/mol. The highest BCUT2D eigenvalue weighted by Crippen LogP contribution is 2.23. The van der Waals surface area contributed by atoms with Gasteiger partial charge >= 0.3 is 6.03 Å². The van der Waals surface area contributed by atoms with Crippen LogP contribution in [-0.4, -0.2) is 55.0 Å². The lowest BCUT2D eigenvalue weighted by molar-refractivity contribution is 0.0181. The van der Waals surface area contributed by atoms with Crippen molar-refractivity contribution in [3.8, 4) is 0 Å². The molecule has 1 aromatic heterocycles. The van der Waals surface area contributed by atoms with Crippen molar-refractivity contribution in [3.63, 3.8) is 0 Å². The fourth-order valence-corrected chi connectivity index (χ4v) is 3.70. The predicted octanol–water partition coefficient (Wildman–Crippen LogP) is 2.30. The number of aromatic nitrogens is 1. The molecule has 2 fully saturated rings. The molecule has 3 rings (SSSR count). The van der Waals surface area contributed by atoms with Crippen molar-refractivity contribution >= 4 is 11.7 Å². The third-order valence-corrected chi connectivity index (χ3v) is 5.08. The number of nitrogens with zero attached hydrogens (tertiary/aromatic N) is 2. The van der Waals surface area contributed by atoms with Crippen LogP contribution in [0.2, 0.25) is 0 Å². The molecule has 0 bridgehead atoms. The molecule has 7 nitrogen and oxygen atoms in total. The Morgan fingerprint density at radius 1 is 1.29 bits per heavy atom. The predicted molar refractivity (Wildman–Crippen MR) is 91.1 cm³/mol. The molecule has 1 aromatic rings. The second-order valence-corrected chi connectivity index (χ2v) is 6.88. The molecule has 7 heteroatoms. The van der Waals surface area contributed by atoms with Crippen LogP contribution in [0, 0.1) is 19.8 Å². The number of piperidine rings is 1. The molecule has 0 saturated carbocycles. The van der Waals surface area contributed by atoms with Gasteiger partial charge in [-0.1, -0.05) is 5.16 Å². The Hall–Kier alpha value is -1.60. The number of amides is 2. The summed E-state index contributed by atoms with van der Waals surface area (Å²) in [4.78, 5) is 14.7. The zero-order valence-corrected chi connectivity index (χ0v) is 14.6. The van der Waals surface area contributed by atoms with Crippen molar-refractivity contribution in [2.24, 2.45) is 5.92 Å². The normalized spacial score (nSPS) is 23.2. The molecule has 0 aliphatic carbocycles. The number of anilines is 1. The van der Waals surface area contributed by atoms with Gasteiger partial charge < -0.3 is 19.9 Å². The van der Waals surface area contributed by atoms with E-state index in [1.807, 2.05) is 6.92 Å². The summed E-state index contributed by atoms with van der Waals surface area (Å²) in [5.74, 6) is 1.14. The summed E-state index contributed by atoms with van der Waals surface area (Å²) >= 11 is 0. The summed E-state index contributed by atoms with van der Waals surface area (Å²) in [5, 5.41) is 9.68. The lowest BCUT2D eigenvalue weighted by Gasteiger charge is -2.40. The summed E-state index contributed by atoms with van der Waals surface area (Å²) in [7, 11) is 0. The van der Waals surface area contributed by atoms with E-state index in [0.29, 0.717) is 35.6 Å². The maximum absolute atomic E-state index is 12.1. The van der Waals surface area contributed by atoms with Crippen molar-refractivity contribution in [2.45, 2.75) is 45.6 Å². The van der Waals surface area contributed by atoms with E-state index in [1.54, 1.807) is 6.92 Å². The Morgan fingerprint density at radius 3 is 2.79 bits per heavy atom. The van der Waals surface area contributed by atoms with E-state index in [-0.39, 0.29) is 6.03 Å². The highest BCUT2D eigenvalue weighted by atomic mass is 16.5. The topological polar surface area (TPSA) is 79.6 Å². The van der Waals surface area contributed by atoms with Gasteiger partial charge in [0.15, 0.2) is 5.76 Å². The van der Waals surface area contributed by atoms with E-state index >= 15 is 0 Å². The molecule has 0 aromatic carbocycles. The van der Waals surface area contributed by atoms with Gasteiger partial charge in [0.05, 0.1) is 0 Å². The van der Waals surface area contributed by atoms with Crippen molar-refractivity contribution < 1.29 is 14.1 Å². The zero-order chi connectivity index (χ0) is 16.9. The minimum absolute atomic E-state index is 0.187. The van der Waals surface area contributed by atoms with Gasteiger partial charge in [-0.3, -0.25) is 4.90 Å².